The molecule has 1 aromatic rings. The van der Waals surface area contributed by atoms with Gasteiger partial charge < -0.3 is 9.84 Å². The van der Waals surface area contributed by atoms with Crippen molar-refractivity contribution in [1.29, 1.82) is 0 Å². The van der Waals surface area contributed by atoms with Crippen LogP contribution in [0, 0.1) is 0 Å². The molecule has 0 heterocycles. The minimum atomic E-state index is -3.13. The molecule has 0 saturated heterocycles. The second-order valence-corrected chi connectivity index (χ2v) is 3.43. The van der Waals surface area contributed by atoms with Gasteiger partial charge >= 0.3 is 0 Å². The van der Waals surface area contributed by atoms with Crippen LogP contribution in [0.15, 0.2) is 24.3 Å². The molecule has 0 aliphatic rings. The summed E-state index contributed by atoms with van der Waals surface area (Å²) in [6, 6.07) is 6.56. The summed E-state index contributed by atoms with van der Waals surface area (Å²) in [4.78, 5) is 0. The fourth-order valence-electron chi connectivity index (χ4n) is 1.25. The molecule has 0 fully saturated rings. The monoisotopic (exact) mass is 216 g/mol. The fourth-order valence-corrected chi connectivity index (χ4v) is 1.25. The molecule has 84 valence electrons. The molecule has 0 saturated carbocycles. The van der Waals surface area contributed by atoms with E-state index in [0.29, 0.717) is 11.3 Å². The number of rotatable bonds is 4. The standard InChI is InChI=1S/C11H14F2O2/c1-8(14)11(12,13)7-9-5-3-4-6-10(9)15-2/h3-6,8,14H,7H2,1-2H3. The highest BCUT2D eigenvalue weighted by molar-refractivity contribution is 5.34. The van der Waals surface area contributed by atoms with Crippen LogP contribution in [-0.2, 0) is 6.42 Å². The normalized spacial score (nSPS) is 13.7. The number of aliphatic hydroxyl groups excluding tert-OH is 1. The second-order valence-electron chi connectivity index (χ2n) is 3.43. The lowest BCUT2D eigenvalue weighted by atomic mass is 10.0. The molecule has 1 unspecified atom stereocenters. The van der Waals surface area contributed by atoms with Gasteiger partial charge in [-0.2, -0.15) is 0 Å². The third-order valence-corrected chi connectivity index (χ3v) is 2.23. The van der Waals surface area contributed by atoms with E-state index in [1.54, 1.807) is 24.3 Å². The molecule has 0 aromatic heterocycles. The number of benzene rings is 1. The van der Waals surface area contributed by atoms with Crippen molar-refractivity contribution in [1.82, 2.24) is 0 Å². The van der Waals surface area contributed by atoms with Crippen LogP contribution in [0.5, 0.6) is 5.75 Å². The number of ether oxygens (including phenoxy) is 1. The van der Waals surface area contributed by atoms with Crippen molar-refractivity contribution < 1.29 is 18.6 Å². The Balaban J connectivity index is 2.89. The first-order chi connectivity index (χ1) is 6.97. The molecular formula is C11H14F2O2. The molecule has 4 heteroatoms. The van der Waals surface area contributed by atoms with Gasteiger partial charge in [0, 0.05) is 12.0 Å². The van der Waals surface area contributed by atoms with Crippen molar-refractivity contribution in [3.05, 3.63) is 29.8 Å². The predicted octanol–water partition coefficient (Wildman–Crippen LogP) is 2.25. The summed E-state index contributed by atoms with van der Waals surface area (Å²) in [5.74, 6) is -2.72. The Bertz CT molecular complexity index is 324. The lowest BCUT2D eigenvalue weighted by Gasteiger charge is -2.20. The number of hydrogen-bond acceptors (Lipinski definition) is 2. The maximum absolute atomic E-state index is 13.2. The van der Waals surface area contributed by atoms with E-state index in [4.69, 9.17) is 9.84 Å². The van der Waals surface area contributed by atoms with E-state index in [1.165, 1.54) is 7.11 Å². The predicted molar refractivity (Wildman–Crippen MR) is 53.3 cm³/mol. The summed E-state index contributed by atoms with van der Waals surface area (Å²) >= 11 is 0. The van der Waals surface area contributed by atoms with Crippen LogP contribution in [0.4, 0.5) is 8.78 Å². The van der Waals surface area contributed by atoms with E-state index < -0.39 is 18.4 Å². The number of methoxy groups -OCH3 is 1. The lowest BCUT2D eigenvalue weighted by Crippen LogP contribution is -2.33. The Morgan fingerprint density at radius 3 is 2.53 bits per heavy atom. The Labute approximate surface area is 87.5 Å². The third kappa shape index (κ3) is 2.89. The number of halogens is 2. The summed E-state index contributed by atoms with van der Waals surface area (Å²) in [5, 5.41) is 8.91. The maximum Gasteiger partial charge on any atom is 0.277 e. The fraction of sp³-hybridized carbons (Fsp3) is 0.455. The van der Waals surface area contributed by atoms with Gasteiger partial charge in [0.2, 0.25) is 0 Å². The molecule has 2 nitrogen and oxygen atoms in total. The van der Waals surface area contributed by atoms with Crippen molar-refractivity contribution in [3.8, 4) is 5.75 Å². The molecule has 0 aliphatic carbocycles. The van der Waals surface area contributed by atoms with E-state index in [9.17, 15) is 8.78 Å². The van der Waals surface area contributed by atoms with Gasteiger partial charge in [-0.05, 0) is 13.0 Å². The molecule has 0 amide bonds. The Hall–Kier alpha value is -1.16. The molecule has 15 heavy (non-hydrogen) atoms. The van der Waals surface area contributed by atoms with Crippen molar-refractivity contribution in [2.45, 2.75) is 25.4 Å². The third-order valence-electron chi connectivity index (χ3n) is 2.23. The Kier molecular flexibility index (Phi) is 3.63. The highest BCUT2D eigenvalue weighted by Gasteiger charge is 2.36. The highest BCUT2D eigenvalue weighted by atomic mass is 19.3. The molecule has 1 rings (SSSR count). The number of para-hydroxylation sites is 1. The van der Waals surface area contributed by atoms with Crippen molar-refractivity contribution in [2.24, 2.45) is 0 Å². The number of hydrogen-bond donors (Lipinski definition) is 1. The first kappa shape index (κ1) is 11.9. The van der Waals surface area contributed by atoms with Crippen molar-refractivity contribution in [2.75, 3.05) is 7.11 Å². The largest absolute Gasteiger partial charge is 0.496 e. The molecule has 0 spiro atoms. The molecule has 0 aliphatic heterocycles. The number of alkyl halides is 2. The SMILES string of the molecule is COc1ccccc1CC(F)(F)C(C)O. The first-order valence-electron chi connectivity index (χ1n) is 4.65. The van der Waals surface area contributed by atoms with Crippen molar-refractivity contribution in [3.63, 3.8) is 0 Å². The zero-order valence-electron chi connectivity index (χ0n) is 8.71. The molecule has 0 bridgehead atoms. The van der Waals surface area contributed by atoms with Crippen LogP contribution >= 0.6 is 0 Å². The molecule has 1 atom stereocenters. The van der Waals surface area contributed by atoms with Gasteiger partial charge in [-0.25, -0.2) is 8.78 Å². The second kappa shape index (κ2) is 4.57. The number of aliphatic hydroxyl groups is 1. The molecular weight excluding hydrogens is 202 g/mol. The topological polar surface area (TPSA) is 29.5 Å². The van der Waals surface area contributed by atoms with Gasteiger partial charge in [0.25, 0.3) is 5.92 Å². The van der Waals surface area contributed by atoms with Crippen LogP contribution in [0.2, 0.25) is 0 Å². The minimum Gasteiger partial charge on any atom is -0.496 e. The zero-order valence-corrected chi connectivity index (χ0v) is 8.71. The van der Waals surface area contributed by atoms with Crippen LogP contribution in [-0.4, -0.2) is 24.2 Å². The van der Waals surface area contributed by atoms with E-state index in [-0.39, 0.29) is 0 Å². The Morgan fingerprint density at radius 1 is 1.40 bits per heavy atom. The minimum absolute atomic E-state index is 0.394. The van der Waals surface area contributed by atoms with Crippen LogP contribution < -0.4 is 4.74 Å². The van der Waals surface area contributed by atoms with Crippen LogP contribution in [0.3, 0.4) is 0 Å². The van der Waals surface area contributed by atoms with Gasteiger partial charge in [-0.15, -0.1) is 0 Å². The summed E-state index contributed by atoms with van der Waals surface area (Å²) in [5.41, 5.74) is 0.394. The smallest absolute Gasteiger partial charge is 0.277 e. The summed E-state index contributed by atoms with van der Waals surface area (Å²) in [7, 11) is 1.43. The lowest BCUT2D eigenvalue weighted by molar-refractivity contribution is -0.0984. The maximum atomic E-state index is 13.2. The Morgan fingerprint density at radius 2 is 2.00 bits per heavy atom. The van der Waals surface area contributed by atoms with E-state index >= 15 is 0 Å². The van der Waals surface area contributed by atoms with Gasteiger partial charge in [0.15, 0.2) is 0 Å². The quantitative estimate of drug-likeness (QED) is 0.836. The molecule has 0 radical (unpaired) electrons. The summed E-state index contributed by atoms with van der Waals surface area (Å²) in [6.45, 7) is 1.08. The average molecular weight is 216 g/mol. The van der Waals surface area contributed by atoms with Gasteiger partial charge in [-0.1, -0.05) is 18.2 Å². The first-order valence-corrected chi connectivity index (χ1v) is 4.65. The zero-order chi connectivity index (χ0) is 11.5. The molecule has 1 aromatic carbocycles. The summed E-state index contributed by atoms with van der Waals surface area (Å²) in [6.07, 6.45) is -2.18. The van der Waals surface area contributed by atoms with Crippen LogP contribution in [0.25, 0.3) is 0 Å². The summed E-state index contributed by atoms with van der Waals surface area (Å²) < 4.78 is 31.4. The van der Waals surface area contributed by atoms with Gasteiger partial charge in [0.1, 0.15) is 11.9 Å². The van der Waals surface area contributed by atoms with Crippen LogP contribution in [0.1, 0.15) is 12.5 Å². The van der Waals surface area contributed by atoms with E-state index in [1.807, 2.05) is 0 Å². The van der Waals surface area contributed by atoms with E-state index in [2.05, 4.69) is 0 Å². The van der Waals surface area contributed by atoms with Gasteiger partial charge in [-0.3, -0.25) is 0 Å². The highest BCUT2D eigenvalue weighted by Crippen LogP contribution is 2.28. The molecule has 1 N–H and O–H groups in total. The van der Waals surface area contributed by atoms with Crippen molar-refractivity contribution >= 4 is 0 Å². The van der Waals surface area contributed by atoms with E-state index in [0.717, 1.165) is 6.92 Å². The average Bonchev–Trinajstić information content (AvgIpc) is 2.18. The van der Waals surface area contributed by atoms with Gasteiger partial charge in [0.05, 0.1) is 7.11 Å².